The summed E-state index contributed by atoms with van der Waals surface area (Å²) in [6.45, 7) is 5.42. The van der Waals surface area contributed by atoms with Crippen molar-refractivity contribution in [2.24, 2.45) is 22.6 Å². The first-order valence-corrected chi connectivity index (χ1v) is 9.17. The van der Waals surface area contributed by atoms with Crippen molar-refractivity contribution in [3.05, 3.63) is 0 Å². The Kier molecular flexibility index (Phi) is 9.22. The molecule has 0 bridgehead atoms. The highest BCUT2D eigenvalue weighted by Crippen LogP contribution is 2.30. The summed E-state index contributed by atoms with van der Waals surface area (Å²) in [5.74, 6) is 1.02. The second-order valence-corrected chi connectivity index (χ2v) is 6.82. The van der Waals surface area contributed by atoms with Gasteiger partial charge in [0.05, 0.1) is 12.9 Å². The van der Waals surface area contributed by atoms with E-state index in [1.54, 1.807) is 7.05 Å². The number of unbranched alkanes of at least 4 members (excludes halogenated alkanes) is 1. The van der Waals surface area contributed by atoms with Crippen molar-refractivity contribution < 1.29 is 9.53 Å². The predicted octanol–water partition coefficient (Wildman–Crippen LogP) is 2.88. The van der Waals surface area contributed by atoms with Crippen molar-refractivity contribution in [2.75, 3.05) is 20.3 Å². The molecule has 1 aliphatic rings. The lowest BCUT2D eigenvalue weighted by molar-refractivity contribution is -0.129. The molecule has 5 heteroatoms. The van der Waals surface area contributed by atoms with Gasteiger partial charge in [-0.25, -0.2) is 0 Å². The van der Waals surface area contributed by atoms with Crippen LogP contribution in [0.2, 0.25) is 0 Å². The van der Waals surface area contributed by atoms with E-state index < -0.39 is 5.54 Å². The number of carbonyl (C=O) groups is 1. The maximum absolute atomic E-state index is 12.5. The third kappa shape index (κ3) is 6.13. The van der Waals surface area contributed by atoms with Crippen molar-refractivity contribution in [3.8, 4) is 0 Å². The van der Waals surface area contributed by atoms with E-state index in [-0.39, 0.29) is 5.91 Å². The summed E-state index contributed by atoms with van der Waals surface area (Å²) in [5, 5.41) is 2.75. The lowest BCUT2D eigenvalue weighted by Crippen LogP contribution is -2.49. The SMILES string of the molecule is CCCCC(CC)CC(COCC1CCC1)(N=CN)C(=O)NC. The van der Waals surface area contributed by atoms with Crippen molar-refractivity contribution in [2.45, 2.75) is 70.8 Å². The Labute approximate surface area is 141 Å². The Bertz CT molecular complexity index is 369. The van der Waals surface area contributed by atoms with Crippen LogP contribution in [-0.4, -0.2) is 38.0 Å². The van der Waals surface area contributed by atoms with Gasteiger partial charge in [-0.05, 0) is 31.1 Å². The van der Waals surface area contributed by atoms with E-state index in [0.29, 0.717) is 24.9 Å². The highest BCUT2D eigenvalue weighted by atomic mass is 16.5. The van der Waals surface area contributed by atoms with Gasteiger partial charge < -0.3 is 15.8 Å². The fourth-order valence-electron chi connectivity index (χ4n) is 3.22. The Morgan fingerprint density at radius 1 is 1.48 bits per heavy atom. The van der Waals surface area contributed by atoms with Crippen LogP contribution in [0, 0.1) is 11.8 Å². The van der Waals surface area contributed by atoms with E-state index in [2.05, 4.69) is 24.2 Å². The third-order valence-corrected chi connectivity index (χ3v) is 5.06. The maximum atomic E-state index is 12.5. The lowest BCUT2D eigenvalue weighted by Gasteiger charge is -2.33. The van der Waals surface area contributed by atoms with Crippen LogP contribution in [0.4, 0.5) is 0 Å². The second-order valence-electron chi connectivity index (χ2n) is 6.82. The molecule has 0 heterocycles. The lowest BCUT2D eigenvalue weighted by atomic mass is 9.83. The summed E-state index contributed by atoms with van der Waals surface area (Å²) in [7, 11) is 1.65. The first-order valence-electron chi connectivity index (χ1n) is 9.17. The standard InChI is InChI=1S/C18H35N3O2/c1-4-6-8-15(5-2)11-18(21-14-19,17(22)20-3)13-23-12-16-9-7-10-16/h14-16H,4-13H2,1-3H3,(H2,19,21)(H,20,22). The van der Waals surface area contributed by atoms with Crippen LogP contribution in [0.5, 0.6) is 0 Å². The smallest absolute Gasteiger partial charge is 0.250 e. The number of likely N-dealkylation sites (N-methyl/N-ethyl adjacent to an activating group) is 1. The predicted molar refractivity (Wildman–Crippen MR) is 95.6 cm³/mol. The monoisotopic (exact) mass is 325 g/mol. The quantitative estimate of drug-likeness (QED) is 0.428. The molecule has 0 aliphatic heterocycles. The van der Waals surface area contributed by atoms with Gasteiger partial charge in [-0.2, -0.15) is 0 Å². The van der Waals surface area contributed by atoms with Gasteiger partial charge in [0.25, 0.3) is 0 Å². The summed E-state index contributed by atoms with van der Waals surface area (Å²) >= 11 is 0. The molecule has 5 nitrogen and oxygen atoms in total. The molecule has 134 valence electrons. The number of ether oxygens (including phenoxy) is 1. The van der Waals surface area contributed by atoms with Crippen LogP contribution in [0.1, 0.15) is 65.2 Å². The molecule has 1 aliphatic carbocycles. The van der Waals surface area contributed by atoms with Crippen LogP contribution >= 0.6 is 0 Å². The molecule has 2 unspecified atom stereocenters. The fraction of sp³-hybridized carbons (Fsp3) is 0.889. The van der Waals surface area contributed by atoms with Gasteiger partial charge >= 0.3 is 0 Å². The van der Waals surface area contributed by atoms with E-state index in [1.165, 1.54) is 38.4 Å². The first kappa shape index (κ1) is 19.9. The Balaban J connectivity index is 2.75. The summed E-state index contributed by atoms with van der Waals surface area (Å²) < 4.78 is 5.90. The summed E-state index contributed by atoms with van der Waals surface area (Å²) in [4.78, 5) is 16.9. The number of nitrogens with two attached hydrogens (primary N) is 1. The molecule has 0 aromatic rings. The van der Waals surface area contributed by atoms with Crippen molar-refractivity contribution in [1.29, 1.82) is 0 Å². The number of rotatable bonds is 12. The minimum atomic E-state index is -0.887. The molecule has 1 saturated carbocycles. The van der Waals surface area contributed by atoms with Crippen molar-refractivity contribution in [3.63, 3.8) is 0 Å². The maximum Gasteiger partial charge on any atom is 0.250 e. The molecule has 1 amide bonds. The van der Waals surface area contributed by atoms with E-state index in [4.69, 9.17) is 10.5 Å². The van der Waals surface area contributed by atoms with Crippen molar-refractivity contribution >= 4 is 12.2 Å². The van der Waals surface area contributed by atoms with E-state index in [9.17, 15) is 4.79 Å². The van der Waals surface area contributed by atoms with Crippen LogP contribution in [0.25, 0.3) is 0 Å². The van der Waals surface area contributed by atoms with Gasteiger partial charge in [0.15, 0.2) is 5.54 Å². The number of hydrogen-bond acceptors (Lipinski definition) is 3. The summed E-state index contributed by atoms with van der Waals surface area (Å²) in [6, 6.07) is 0. The number of carbonyl (C=O) groups excluding carboxylic acids is 1. The van der Waals surface area contributed by atoms with Crippen LogP contribution in [0.15, 0.2) is 4.99 Å². The van der Waals surface area contributed by atoms with Crippen LogP contribution < -0.4 is 11.1 Å². The Morgan fingerprint density at radius 3 is 2.70 bits per heavy atom. The molecular formula is C18H35N3O2. The normalized spacial score (nSPS) is 19.3. The highest BCUT2D eigenvalue weighted by Gasteiger charge is 2.39. The van der Waals surface area contributed by atoms with Gasteiger partial charge in [-0.15, -0.1) is 0 Å². The molecule has 23 heavy (non-hydrogen) atoms. The van der Waals surface area contributed by atoms with Gasteiger partial charge in [0, 0.05) is 13.7 Å². The van der Waals surface area contributed by atoms with Crippen molar-refractivity contribution in [1.82, 2.24) is 5.32 Å². The highest BCUT2D eigenvalue weighted by molar-refractivity contribution is 5.87. The molecule has 0 radical (unpaired) electrons. The largest absolute Gasteiger partial charge is 0.390 e. The number of aliphatic imine (C=N–C) groups is 1. The average Bonchev–Trinajstić information content (AvgIpc) is 2.52. The summed E-state index contributed by atoms with van der Waals surface area (Å²) in [5.41, 5.74) is 4.68. The van der Waals surface area contributed by atoms with Gasteiger partial charge in [0.2, 0.25) is 5.91 Å². The average molecular weight is 325 g/mol. The molecular weight excluding hydrogens is 290 g/mol. The molecule has 3 N–H and O–H groups in total. The molecule has 1 fully saturated rings. The molecule has 0 saturated heterocycles. The first-order chi connectivity index (χ1) is 11.1. The number of hydrogen-bond donors (Lipinski definition) is 2. The zero-order valence-electron chi connectivity index (χ0n) is 15.1. The van der Waals surface area contributed by atoms with Gasteiger partial charge in [0.1, 0.15) is 0 Å². The molecule has 1 rings (SSSR count). The van der Waals surface area contributed by atoms with E-state index in [1.807, 2.05) is 0 Å². The van der Waals surface area contributed by atoms with Crippen LogP contribution in [-0.2, 0) is 9.53 Å². The second kappa shape index (κ2) is 10.6. The molecule has 0 aromatic heterocycles. The minimum absolute atomic E-state index is 0.0947. The molecule has 0 aromatic carbocycles. The van der Waals surface area contributed by atoms with Crippen LogP contribution in [0.3, 0.4) is 0 Å². The zero-order chi connectivity index (χ0) is 17.1. The van der Waals surface area contributed by atoms with E-state index in [0.717, 1.165) is 19.4 Å². The van der Waals surface area contributed by atoms with Gasteiger partial charge in [-0.1, -0.05) is 46.0 Å². The molecule has 2 atom stereocenters. The minimum Gasteiger partial charge on any atom is -0.390 e. The third-order valence-electron chi connectivity index (χ3n) is 5.06. The Morgan fingerprint density at radius 2 is 2.22 bits per heavy atom. The zero-order valence-corrected chi connectivity index (χ0v) is 15.1. The number of nitrogens with one attached hydrogen (secondary N) is 1. The van der Waals surface area contributed by atoms with E-state index >= 15 is 0 Å². The molecule has 0 spiro atoms. The topological polar surface area (TPSA) is 76.7 Å². The Hall–Kier alpha value is -1.10. The fourth-order valence-corrected chi connectivity index (χ4v) is 3.22. The number of amides is 1. The summed E-state index contributed by atoms with van der Waals surface area (Å²) in [6.07, 6.45) is 10.2. The van der Waals surface area contributed by atoms with Gasteiger partial charge in [-0.3, -0.25) is 9.79 Å². The number of nitrogens with zero attached hydrogens (tertiary/aromatic N) is 1.